The number of aromatic nitrogens is 1. The van der Waals surface area contributed by atoms with E-state index in [1.165, 1.54) is 0 Å². The third-order valence-electron chi connectivity index (χ3n) is 2.29. The summed E-state index contributed by atoms with van der Waals surface area (Å²) in [6.07, 6.45) is 3.34. The summed E-state index contributed by atoms with van der Waals surface area (Å²) in [4.78, 5) is 24.1. The molecule has 0 radical (unpaired) electrons. The minimum absolute atomic E-state index is 0.323. The summed E-state index contributed by atoms with van der Waals surface area (Å²) in [5.41, 5.74) is 0.451. The largest absolute Gasteiger partial charge is 0.326 e. The molecule has 1 atom stereocenters. The normalized spacial score (nSPS) is 12.5. The molecule has 88 valence electrons. The number of carbonyl (C=O) groups is 1. The second-order valence-electron chi connectivity index (χ2n) is 3.42. The second-order valence-corrected chi connectivity index (χ2v) is 4.24. The van der Waals surface area contributed by atoms with E-state index in [4.69, 9.17) is 4.89 Å². The van der Waals surface area contributed by atoms with Gasteiger partial charge in [0.05, 0.1) is 0 Å². The van der Waals surface area contributed by atoms with Gasteiger partial charge in [-0.15, -0.1) is 0 Å². The van der Waals surface area contributed by atoms with Crippen molar-refractivity contribution in [3.8, 4) is 0 Å². The molecular formula is C11H10NO4P. The smallest absolute Gasteiger partial charge is 0.317 e. The van der Waals surface area contributed by atoms with Crippen molar-refractivity contribution in [3.05, 3.63) is 42.2 Å². The molecule has 0 spiro atoms. The second kappa shape index (κ2) is 5.19. The summed E-state index contributed by atoms with van der Waals surface area (Å²) in [5.74, 6) is -0.323. The first-order chi connectivity index (χ1) is 8.16. The molecule has 0 aliphatic rings. The Morgan fingerprint density at radius 3 is 2.94 bits per heavy atom. The number of fused-ring (bicyclic) bond motifs is 1. The lowest BCUT2D eigenvalue weighted by Crippen LogP contribution is -2.05. The van der Waals surface area contributed by atoms with E-state index < -0.39 is 8.25 Å². The van der Waals surface area contributed by atoms with Crippen LogP contribution in [0.5, 0.6) is 0 Å². The molecule has 17 heavy (non-hydrogen) atoms. The molecule has 2 rings (SSSR count). The van der Waals surface area contributed by atoms with Gasteiger partial charge in [0.25, 0.3) is 0 Å². The van der Waals surface area contributed by atoms with Crippen LogP contribution in [0.25, 0.3) is 10.8 Å². The number of hydrogen-bond acceptors (Lipinski definition) is 4. The number of hydrogen-bond donors (Lipinski definition) is 1. The van der Waals surface area contributed by atoms with Gasteiger partial charge in [-0.2, -0.15) is 0 Å². The third kappa shape index (κ3) is 2.97. The van der Waals surface area contributed by atoms with Crippen molar-refractivity contribution >= 4 is 24.8 Å². The number of carbonyl (C=O) groups excluding carboxylic acids is 1. The Bertz CT molecular complexity index is 584. The van der Waals surface area contributed by atoms with Crippen LogP contribution in [0.1, 0.15) is 10.4 Å². The van der Waals surface area contributed by atoms with Crippen LogP contribution in [0.2, 0.25) is 0 Å². The van der Waals surface area contributed by atoms with Gasteiger partial charge in [0.1, 0.15) is 6.61 Å². The van der Waals surface area contributed by atoms with E-state index in [2.05, 4.69) is 9.51 Å². The predicted octanol–water partition coefficient (Wildman–Crippen LogP) is 1.82. The molecule has 0 aliphatic carbocycles. The van der Waals surface area contributed by atoms with Crippen LogP contribution in [-0.4, -0.2) is 22.3 Å². The Balaban J connectivity index is 2.24. The van der Waals surface area contributed by atoms with Crippen molar-refractivity contribution in [2.24, 2.45) is 0 Å². The lowest BCUT2D eigenvalue weighted by atomic mass is 10.1. The standard InChI is InChI=1S/C11H10NO4P/c13-11(7-16-17(14)15)9-1-2-10-6-12-4-3-8(10)5-9/h1-6,17H,7H2,(H,14,15). The summed E-state index contributed by atoms with van der Waals surface area (Å²) in [5, 5.41) is 1.82. The maximum absolute atomic E-state index is 11.6. The highest BCUT2D eigenvalue weighted by molar-refractivity contribution is 7.32. The Morgan fingerprint density at radius 1 is 1.35 bits per heavy atom. The van der Waals surface area contributed by atoms with Gasteiger partial charge in [0, 0.05) is 23.3 Å². The number of rotatable bonds is 4. The number of nitrogens with zero attached hydrogens (tertiary/aromatic N) is 1. The van der Waals surface area contributed by atoms with Gasteiger partial charge < -0.3 is 9.42 Å². The van der Waals surface area contributed by atoms with E-state index in [0.29, 0.717) is 5.56 Å². The molecule has 6 heteroatoms. The maximum Gasteiger partial charge on any atom is 0.317 e. The zero-order valence-electron chi connectivity index (χ0n) is 8.79. The van der Waals surface area contributed by atoms with Crippen molar-refractivity contribution in [2.75, 3.05) is 6.61 Å². The molecule has 0 saturated heterocycles. The fraction of sp³-hybridized carbons (Fsp3) is 0.0909. The Morgan fingerprint density at radius 2 is 2.18 bits per heavy atom. The third-order valence-corrected chi connectivity index (χ3v) is 2.68. The monoisotopic (exact) mass is 251 g/mol. The topological polar surface area (TPSA) is 76.5 Å². The summed E-state index contributed by atoms with van der Waals surface area (Å²) in [7, 11) is -3.06. The van der Waals surface area contributed by atoms with E-state index in [1.54, 1.807) is 36.7 Å². The van der Waals surface area contributed by atoms with Crippen LogP contribution < -0.4 is 0 Å². The zero-order chi connectivity index (χ0) is 12.3. The van der Waals surface area contributed by atoms with Crippen molar-refractivity contribution in [1.82, 2.24) is 4.98 Å². The number of Topliss-reactive ketones (excluding diaryl/α,β-unsaturated/α-hetero) is 1. The molecule has 0 fully saturated rings. The Labute approximate surface area is 98.0 Å². The average Bonchev–Trinajstić information content (AvgIpc) is 2.35. The van der Waals surface area contributed by atoms with Crippen LogP contribution in [-0.2, 0) is 9.09 Å². The molecule has 0 saturated carbocycles. The fourth-order valence-corrected chi connectivity index (χ4v) is 1.72. The first-order valence-electron chi connectivity index (χ1n) is 4.89. The van der Waals surface area contributed by atoms with Crippen LogP contribution >= 0.6 is 8.25 Å². The van der Waals surface area contributed by atoms with Gasteiger partial charge in [-0.3, -0.25) is 14.3 Å². The van der Waals surface area contributed by atoms with E-state index in [-0.39, 0.29) is 12.4 Å². The average molecular weight is 251 g/mol. The molecular weight excluding hydrogens is 241 g/mol. The number of pyridine rings is 1. The first-order valence-corrected chi connectivity index (χ1v) is 6.16. The fourth-order valence-electron chi connectivity index (χ4n) is 1.47. The van der Waals surface area contributed by atoms with Crippen LogP contribution in [0.15, 0.2) is 36.7 Å². The van der Waals surface area contributed by atoms with E-state index in [0.717, 1.165) is 10.8 Å². The quantitative estimate of drug-likeness (QED) is 0.662. The maximum atomic E-state index is 11.6. The van der Waals surface area contributed by atoms with E-state index in [1.807, 2.05) is 0 Å². The van der Waals surface area contributed by atoms with Crippen molar-refractivity contribution in [1.29, 1.82) is 0 Å². The minimum atomic E-state index is -3.06. The van der Waals surface area contributed by atoms with Gasteiger partial charge >= 0.3 is 8.25 Å². The van der Waals surface area contributed by atoms with Gasteiger partial charge in [-0.25, -0.2) is 0 Å². The molecule has 1 heterocycles. The van der Waals surface area contributed by atoms with Crippen molar-refractivity contribution < 1.29 is 18.8 Å². The molecule has 0 aliphatic heterocycles. The lowest BCUT2D eigenvalue weighted by Gasteiger charge is -2.02. The zero-order valence-corrected chi connectivity index (χ0v) is 9.79. The Kier molecular flexibility index (Phi) is 3.64. The minimum Gasteiger partial charge on any atom is -0.326 e. The summed E-state index contributed by atoms with van der Waals surface area (Å²) in [6, 6.07) is 6.92. The summed E-state index contributed by atoms with van der Waals surface area (Å²) in [6.45, 7) is -0.384. The van der Waals surface area contributed by atoms with Gasteiger partial charge in [-0.1, -0.05) is 12.1 Å². The summed E-state index contributed by atoms with van der Waals surface area (Å²) < 4.78 is 14.8. The molecule has 1 aromatic heterocycles. The number of benzene rings is 1. The lowest BCUT2D eigenvalue weighted by molar-refractivity contribution is 0.0917. The molecule has 1 N–H and O–H groups in total. The highest BCUT2D eigenvalue weighted by Gasteiger charge is 2.08. The Hall–Kier alpha value is -1.55. The molecule has 2 aromatic rings. The molecule has 1 unspecified atom stereocenters. The van der Waals surface area contributed by atoms with Crippen molar-refractivity contribution in [3.63, 3.8) is 0 Å². The summed E-state index contributed by atoms with van der Waals surface area (Å²) >= 11 is 0. The predicted molar refractivity (Wildman–Crippen MR) is 63.2 cm³/mol. The van der Waals surface area contributed by atoms with Gasteiger partial charge in [0.2, 0.25) is 0 Å². The van der Waals surface area contributed by atoms with Crippen LogP contribution in [0.4, 0.5) is 0 Å². The van der Waals surface area contributed by atoms with E-state index in [9.17, 15) is 9.36 Å². The highest BCUT2D eigenvalue weighted by Crippen LogP contribution is 2.18. The van der Waals surface area contributed by atoms with Gasteiger partial charge in [0.15, 0.2) is 5.78 Å². The van der Waals surface area contributed by atoms with Gasteiger partial charge in [-0.05, 0) is 17.5 Å². The van der Waals surface area contributed by atoms with E-state index >= 15 is 0 Å². The highest BCUT2D eigenvalue weighted by atomic mass is 31.1. The molecule has 0 bridgehead atoms. The molecule has 0 amide bonds. The molecule has 5 nitrogen and oxygen atoms in total. The molecule has 1 aromatic carbocycles. The number of ketones is 1. The SMILES string of the molecule is O=C(CO[PH](=O)O)c1ccc2cnccc2c1. The van der Waals surface area contributed by atoms with Crippen molar-refractivity contribution in [2.45, 2.75) is 0 Å². The van der Waals surface area contributed by atoms with Crippen LogP contribution in [0.3, 0.4) is 0 Å². The first kappa shape index (κ1) is 11.9. The van der Waals surface area contributed by atoms with Crippen LogP contribution in [0, 0.1) is 0 Å².